The minimum Gasteiger partial charge on any atom is -0.396 e. The number of nitrogens with zero attached hydrogens (tertiary/aromatic N) is 2. The second-order valence-corrected chi connectivity index (χ2v) is 2.33. The van der Waals surface area contributed by atoms with E-state index in [4.69, 9.17) is 5.11 Å². The van der Waals surface area contributed by atoms with Crippen LogP contribution in [0.5, 0.6) is 0 Å². The molecule has 0 amide bonds. The summed E-state index contributed by atoms with van der Waals surface area (Å²) >= 11 is 0. The van der Waals surface area contributed by atoms with E-state index in [0.29, 0.717) is 13.1 Å². The van der Waals surface area contributed by atoms with Crippen molar-refractivity contribution >= 4 is 0 Å². The quantitative estimate of drug-likeness (QED) is 0.534. The van der Waals surface area contributed by atoms with Gasteiger partial charge >= 0.3 is 0 Å². The smallest absolute Gasteiger partial charge is 0.0524 e. The van der Waals surface area contributed by atoms with Crippen LogP contribution in [0.4, 0.5) is 0 Å². The Hall–Kier alpha value is -0.640. The van der Waals surface area contributed by atoms with Crippen LogP contribution in [0.1, 0.15) is 6.42 Å². The van der Waals surface area contributed by atoms with Gasteiger partial charge in [0.1, 0.15) is 0 Å². The molecule has 52 valence electrons. The summed E-state index contributed by atoms with van der Waals surface area (Å²) in [7, 11) is 0. The Balaban J connectivity index is 2.28. The summed E-state index contributed by atoms with van der Waals surface area (Å²) in [5, 5.41) is 12.8. The minimum absolute atomic E-state index is 0.173. The molecular weight excluding hydrogens is 120 g/mol. The third kappa shape index (κ3) is 1.38. The van der Waals surface area contributed by atoms with Gasteiger partial charge in [-0.3, -0.25) is 5.01 Å². The lowest BCUT2D eigenvalue weighted by Gasteiger charge is -2.04. The highest BCUT2D eigenvalue weighted by Crippen LogP contribution is 2.14. The van der Waals surface area contributed by atoms with E-state index in [1.807, 2.05) is 0 Å². The van der Waals surface area contributed by atoms with Crippen molar-refractivity contribution in [2.24, 2.45) is 11.2 Å². The Morgan fingerprint density at radius 3 is 2.89 bits per heavy atom. The Morgan fingerprint density at radius 1 is 1.78 bits per heavy atom. The molecule has 1 rings (SSSR count). The molecule has 1 N–H and O–H groups in total. The van der Waals surface area contributed by atoms with E-state index in [-0.39, 0.29) is 12.5 Å². The van der Waals surface area contributed by atoms with Crippen molar-refractivity contribution in [2.45, 2.75) is 6.42 Å². The Labute approximate surface area is 53.4 Å². The zero-order valence-corrected chi connectivity index (χ0v) is 5.16. The van der Waals surface area contributed by atoms with E-state index in [0.717, 1.165) is 6.42 Å². The number of hydrogen-bond donors (Lipinski definition) is 1. The highest BCUT2D eigenvalue weighted by atomic mass is 16.3. The van der Waals surface area contributed by atoms with Crippen LogP contribution < -0.4 is 0 Å². The van der Waals surface area contributed by atoms with Crippen molar-refractivity contribution in [3.63, 3.8) is 0 Å². The zero-order valence-electron chi connectivity index (χ0n) is 5.16. The summed E-state index contributed by atoms with van der Waals surface area (Å²) < 4.78 is 0. The fourth-order valence-electron chi connectivity index (χ4n) is 1.04. The normalized spacial score (nSPS) is 26.8. The van der Waals surface area contributed by atoms with Gasteiger partial charge in [-0.1, -0.05) is 0 Å². The average molecular weight is 130 g/mol. The van der Waals surface area contributed by atoms with Crippen LogP contribution in [0.25, 0.3) is 0 Å². The largest absolute Gasteiger partial charge is 0.396 e. The number of aliphatic hydroxyl groups excluding tert-OH is 1. The molecule has 0 aromatic carbocycles. The standard InChI is InChI=1S/C5H10N2O2/c8-4-5-1-2-7(3-5)6-9/h5,8H,1-4H2/t5-/m1/s1. The van der Waals surface area contributed by atoms with Gasteiger partial charge in [-0.2, -0.15) is 0 Å². The molecule has 1 aliphatic rings. The van der Waals surface area contributed by atoms with Crippen LogP contribution in [-0.2, 0) is 0 Å². The molecule has 0 unspecified atom stereocenters. The SMILES string of the molecule is O=NN1CC[C@@H](CO)C1. The van der Waals surface area contributed by atoms with Crippen molar-refractivity contribution in [2.75, 3.05) is 19.7 Å². The third-order valence-corrected chi connectivity index (χ3v) is 1.64. The maximum Gasteiger partial charge on any atom is 0.0524 e. The summed E-state index contributed by atoms with van der Waals surface area (Å²) in [6.07, 6.45) is 0.891. The average Bonchev–Trinajstić information content (AvgIpc) is 2.34. The molecule has 0 aliphatic carbocycles. The van der Waals surface area contributed by atoms with Crippen LogP contribution in [-0.4, -0.2) is 29.8 Å². The van der Waals surface area contributed by atoms with Gasteiger partial charge in [-0.15, -0.1) is 4.91 Å². The summed E-state index contributed by atoms with van der Waals surface area (Å²) in [6.45, 7) is 1.50. The molecule has 4 nitrogen and oxygen atoms in total. The van der Waals surface area contributed by atoms with Gasteiger partial charge in [0, 0.05) is 25.6 Å². The molecule has 9 heavy (non-hydrogen) atoms. The monoisotopic (exact) mass is 130 g/mol. The van der Waals surface area contributed by atoms with Gasteiger partial charge in [-0.05, 0) is 6.42 Å². The second kappa shape index (κ2) is 2.77. The van der Waals surface area contributed by atoms with Gasteiger partial charge in [0.25, 0.3) is 0 Å². The lowest BCUT2D eigenvalue weighted by molar-refractivity contribution is 0.223. The molecular formula is C5H10N2O2. The predicted octanol–water partition coefficient (Wildman–Crippen LogP) is -0.0180. The van der Waals surface area contributed by atoms with E-state index in [9.17, 15) is 4.91 Å². The van der Waals surface area contributed by atoms with Crippen LogP contribution in [0, 0.1) is 10.8 Å². The molecule has 0 bridgehead atoms. The van der Waals surface area contributed by atoms with Gasteiger partial charge in [0.15, 0.2) is 0 Å². The van der Waals surface area contributed by atoms with Crippen molar-refractivity contribution in [3.8, 4) is 0 Å². The number of aliphatic hydroxyl groups is 1. The Bertz CT molecular complexity index is 107. The fourth-order valence-corrected chi connectivity index (χ4v) is 1.04. The van der Waals surface area contributed by atoms with Crippen LogP contribution >= 0.6 is 0 Å². The topological polar surface area (TPSA) is 52.9 Å². The van der Waals surface area contributed by atoms with Crippen molar-refractivity contribution in [1.29, 1.82) is 0 Å². The molecule has 0 saturated carbocycles. The first-order valence-electron chi connectivity index (χ1n) is 3.06. The molecule has 1 heterocycles. The number of rotatable bonds is 2. The van der Waals surface area contributed by atoms with E-state index in [1.54, 1.807) is 0 Å². The Morgan fingerprint density at radius 2 is 2.56 bits per heavy atom. The zero-order chi connectivity index (χ0) is 6.69. The highest BCUT2D eigenvalue weighted by molar-refractivity contribution is 4.71. The van der Waals surface area contributed by atoms with Crippen molar-refractivity contribution in [3.05, 3.63) is 4.91 Å². The van der Waals surface area contributed by atoms with Gasteiger partial charge in [-0.25, -0.2) is 0 Å². The molecule has 0 spiro atoms. The number of hydrogen-bond acceptors (Lipinski definition) is 3. The number of nitroso groups, excluding NO2 is 1. The van der Waals surface area contributed by atoms with Gasteiger partial charge in [0.05, 0.1) is 5.29 Å². The molecule has 0 aromatic rings. The lowest BCUT2D eigenvalue weighted by Crippen LogP contribution is -2.13. The van der Waals surface area contributed by atoms with Crippen molar-refractivity contribution < 1.29 is 5.11 Å². The maximum atomic E-state index is 9.86. The first-order valence-corrected chi connectivity index (χ1v) is 3.06. The van der Waals surface area contributed by atoms with E-state index >= 15 is 0 Å². The first-order chi connectivity index (χ1) is 4.36. The summed E-state index contributed by atoms with van der Waals surface area (Å²) in [5.41, 5.74) is 0. The van der Waals surface area contributed by atoms with Crippen molar-refractivity contribution in [1.82, 2.24) is 5.01 Å². The second-order valence-electron chi connectivity index (χ2n) is 2.33. The molecule has 0 aromatic heterocycles. The predicted molar refractivity (Wildman–Crippen MR) is 32.6 cm³/mol. The molecule has 1 atom stereocenters. The maximum absolute atomic E-state index is 9.86. The van der Waals surface area contributed by atoms with Crippen LogP contribution in [0.3, 0.4) is 0 Å². The molecule has 0 radical (unpaired) electrons. The fraction of sp³-hybridized carbons (Fsp3) is 1.00. The highest BCUT2D eigenvalue weighted by Gasteiger charge is 2.20. The molecule has 1 fully saturated rings. The third-order valence-electron chi connectivity index (χ3n) is 1.64. The Kier molecular flexibility index (Phi) is 2.00. The molecule has 1 aliphatic heterocycles. The lowest BCUT2D eigenvalue weighted by atomic mass is 10.1. The molecule has 4 heteroatoms. The van der Waals surface area contributed by atoms with E-state index in [1.165, 1.54) is 5.01 Å². The van der Waals surface area contributed by atoms with Crippen LogP contribution in [0.2, 0.25) is 0 Å². The van der Waals surface area contributed by atoms with E-state index < -0.39 is 0 Å². The van der Waals surface area contributed by atoms with Gasteiger partial charge in [0.2, 0.25) is 0 Å². The van der Waals surface area contributed by atoms with Crippen LogP contribution in [0.15, 0.2) is 5.29 Å². The summed E-state index contributed by atoms with van der Waals surface area (Å²) in [4.78, 5) is 9.86. The van der Waals surface area contributed by atoms with E-state index in [2.05, 4.69) is 5.29 Å². The minimum atomic E-state index is 0.173. The van der Waals surface area contributed by atoms with Gasteiger partial charge < -0.3 is 5.11 Å². The summed E-state index contributed by atoms with van der Waals surface area (Å²) in [6, 6.07) is 0. The summed E-state index contributed by atoms with van der Waals surface area (Å²) in [5.74, 6) is 0.266. The first kappa shape index (κ1) is 6.48. The molecule has 1 saturated heterocycles.